The Morgan fingerprint density at radius 3 is 2.68 bits per heavy atom. The smallest absolute Gasteiger partial charge is 0.244 e. The van der Waals surface area contributed by atoms with Gasteiger partial charge in [-0.15, -0.1) is 0 Å². The first-order chi connectivity index (χ1) is 12.0. The van der Waals surface area contributed by atoms with Gasteiger partial charge in [-0.05, 0) is 55.6 Å². The zero-order valence-corrected chi connectivity index (χ0v) is 14.7. The van der Waals surface area contributed by atoms with Crippen LogP contribution in [0, 0.1) is 5.82 Å². The van der Waals surface area contributed by atoms with Crippen molar-refractivity contribution >= 4 is 12.0 Å². The number of hydrogen-bond acceptors (Lipinski definition) is 3. The number of ether oxygens (including phenoxy) is 1. The Kier molecular flexibility index (Phi) is 6.71. The highest BCUT2D eigenvalue weighted by atomic mass is 19.1. The first-order valence-electron chi connectivity index (χ1n) is 8.01. The van der Waals surface area contributed by atoms with Gasteiger partial charge in [0.15, 0.2) is 0 Å². The van der Waals surface area contributed by atoms with Crippen LogP contribution < -0.4 is 10.1 Å². The third-order valence-electron chi connectivity index (χ3n) is 3.85. The number of amides is 1. The first-order valence-corrected chi connectivity index (χ1v) is 8.01. The molecule has 25 heavy (non-hydrogen) atoms. The molecule has 1 N–H and O–H groups in total. The minimum atomic E-state index is -0.326. The van der Waals surface area contributed by atoms with E-state index in [2.05, 4.69) is 5.32 Å². The molecule has 2 rings (SSSR count). The molecule has 0 fully saturated rings. The van der Waals surface area contributed by atoms with E-state index in [0.29, 0.717) is 12.1 Å². The van der Waals surface area contributed by atoms with Crippen molar-refractivity contribution in [2.75, 3.05) is 27.7 Å². The summed E-state index contributed by atoms with van der Waals surface area (Å²) in [6, 6.07) is 13.9. The molecule has 1 unspecified atom stereocenters. The van der Waals surface area contributed by atoms with Crippen LogP contribution in [0.1, 0.15) is 17.2 Å². The molecule has 0 aliphatic carbocycles. The van der Waals surface area contributed by atoms with E-state index in [0.717, 1.165) is 11.3 Å². The van der Waals surface area contributed by atoms with Crippen molar-refractivity contribution in [2.24, 2.45) is 0 Å². The van der Waals surface area contributed by atoms with Gasteiger partial charge in [0.25, 0.3) is 0 Å². The molecule has 1 amide bonds. The maximum atomic E-state index is 13.1. The fourth-order valence-electron chi connectivity index (χ4n) is 2.49. The second-order valence-electron chi connectivity index (χ2n) is 5.89. The molecule has 1 atom stereocenters. The first kappa shape index (κ1) is 18.7. The maximum absolute atomic E-state index is 13.1. The van der Waals surface area contributed by atoms with E-state index in [1.54, 1.807) is 25.3 Å². The van der Waals surface area contributed by atoms with Gasteiger partial charge in [0.05, 0.1) is 13.2 Å². The van der Waals surface area contributed by atoms with Crippen LogP contribution in [-0.2, 0) is 4.79 Å². The maximum Gasteiger partial charge on any atom is 0.244 e. The molecule has 0 spiro atoms. The van der Waals surface area contributed by atoms with Gasteiger partial charge in [0, 0.05) is 12.6 Å². The summed E-state index contributed by atoms with van der Waals surface area (Å²) < 4.78 is 18.4. The number of benzene rings is 2. The van der Waals surface area contributed by atoms with Gasteiger partial charge in [-0.25, -0.2) is 4.39 Å². The number of halogens is 1. The summed E-state index contributed by atoms with van der Waals surface area (Å²) in [5.74, 6) is 0.230. The highest BCUT2D eigenvalue weighted by molar-refractivity contribution is 5.91. The lowest BCUT2D eigenvalue weighted by atomic mass is 10.1. The van der Waals surface area contributed by atoms with E-state index >= 15 is 0 Å². The molecule has 2 aromatic carbocycles. The molecular formula is C20H23FN2O2. The molecule has 0 bridgehead atoms. The van der Waals surface area contributed by atoms with Crippen LogP contribution in [0.25, 0.3) is 6.08 Å². The number of nitrogens with zero attached hydrogens (tertiary/aromatic N) is 1. The molecule has 0 aliphatic heterocycles. The third kappa shape index (κ3) is 5.72. The summed E-state index contributed by atoms with van der Waals surface area (Å²) >= 11 is 0. The van der Waals surface area contributed by atoms with E-state index in [1.165, 1.54) is 18.2 Å². The largest absolute Gasteiger partial charge is 0.497 e. The Morgan fingerprint density at radius 1 is 1.24 bits per heavy atom. The minimum absolute atomic E-state index is 0.0154. The number of carbonyl (C=O) groups excluding carboxylic acids is 1. The van der Waals surface area contributed by atoms with E-state index in [-0.39, 0.29) is 17.8 Å². The number of carbonyl (C=O) groups is 1. The topological polar surface area (TPSA) is 41.6 Å². The molecule has 0 aliphatic rings. The standard InChI is InChI=1S/C20H23FN2O2/c1-23(2)19(16-7-5-9-18(13-16)25-3)14-22-20(24)11-10-15-6-4-8-17(21)12-15/h4-13,19H,14H2,1-3H3,(H,22,24)/b11-10+. The molecule has 2 aromatic rings. The Bertz CT molecular complexity index is 744. The van der Waals surface area contributed by atoms with Crippen molar-refractivity contribution in [3.8, 4) is 5.75 Å². The summed E-state index contributed by atoms with van der Waals surface area (Å²) in [6.45, 7) is 0.451. The fraction of sp³-hybridized carbons (Fsp3) is 0.250. The Balaban J connectivity index is 1.99. The molecule has 0 saturated heterocycles. The molecule has 0 saturated carbocycles. The third-order valence-corrected chi connectivity index (χ3v) is 3.85. The van der Waals surface area contributed by atoms with Crippen LogP contribution in [0.3, 0.4) is 0 Å². The summed E-state index contributed by atoms with van der Waals surface area (Å²) in [6.07, 6.45) is 3.00. The van der Waals surface area contributed by atoms with Gasteiger partial charge in [-0.2, -0.15) is 0 Å². The van der Waals surface area contributed by atoms with Crippen LogP contribution in [0.5, 0.6) is 5.75 Å². The number of hydrogen-bond donors (Lipinski definition) is 1. The molecular weight excluding hydrogens is 319 g/mol. The predicted octanol–water partition coefficient (Wildman–Crippen LogP) is 3.27. The fourth-order valence-corrected chi connectivity index (χ4v) is 2.49. The zero-order valence-electron chi connectivity index (χ0n) is 14.7. The summed E-state index contributed by atoms with van der Waals surface area (Å²) in [5, 5.41) is 2.88. The molecule has 0 aromatic heterocycles. The van der Waals surface area contributed by atoms with E-state index in [1.807, 2.05) is 43.3 Å². The van der Waals surface area contributed by atoms with Gasteiger partial charge in [-0.3, -0.25) is 4.79 Å². The summed E-state index contributed by atoms with van der Waals surface area (Å²) in [7, 11) is 5.54. The molecule has 5 heteroatoms. The Hall–Kier alpha value is -2.66. The SMILES string of the molecule is COc1cccc(C(CNC(=O)/C=C/c2cccc(F)c2)N(C)C)c1. The lowest BCUT2D eigenvalue weighted by Crippen LogP contribution is -2.33. The quantitative estimate of drug-likeness (QED) is 0.785. The highest BCUT2D eigenvalue weighted by Crippen LogP contribution is 2.22. The van der Waals surface area contributed by atoms with Crippen molar-refractivity contribution in [1.82, 2.24) is 10.2 Å². The van der Waals surface area contributed by atoms with Crippen molar-refractivity contribution in [3.63, 3.8) is 0 Å². The van der Waals surface area contributed by atoms with Gasteiger partial charge < -0.3 is 15.0 Å². The molecule has 0 heterocycles. The van der Waals surface area contributed by atoms with Crippen LogP contribution in [0.2, 0.25) is 0 Å². The van der Waals surface area contributed by atoms with Gasteiger partial charge >= 0.3 is 0 Å². The van der Waals surface area contributed by atoms with E-state index < -0.39 is 0 Å². The van der Waals surface area contributed by atoms with Crippen molar-refractivity contribution in [3.05, 3.63) is 71.6 Å². The van der Waals surface area contributed by atoms with Crippen molar-refractivity contribution in [2.45, 2.75) is 6.04 Å². The second-order valence-corrected chi connectivity index (χ2v) is 5.89. The number of likely N-dealkylation sites (N-methyl/N-ethyl adjacent to an activating group) is 1. The summed E-state index contributed by atoms with van der Waals surface area (Å²) in [4.78, 5) is 14.1. The van der Waals surface area contributed by atoms with E-state index in [9.17, 15) is 9.18 Å². The van der Waals surface area contributed by atoms with Crippen LogP contribution in [-0.4, -0.2) is 38.6 Å². The normalized spacial score (nSPS) is 12.4. The average Bonchev–Trinajstić information content (AvgIpc) is 2.60. The second kappa shape index (κ2) is 8.99. The monoisotopic (exact) mass is 342 g/mol. The number of rotatable bonds is 7. The van der Waals surface area contributed by atoms with Crippen molar-refractivity contribution in [1.29, 1.82) is 0 Å². The zero-order chi connectivity index (χ0) is 18.2. The number of nitrogens with one attached hydrogen (secondary N) is 1. The van der Waals surface area contributed by atoms with Gasteiger partial charge in [0.1, 0.15) is 11.6 Å². The molecule has 4 nitrogen and oxygen atoms in total. The van der Waals surface area contributed by atoms with Crippen LogP contribution in [0.4, 0.5) is 4.39 Å². The number of methoxy groups -OCH3 is 1. The van der Waals surface area contributed by atoms with Gasteiger partial charge in [-0.1, -0.05) is 24.3 Å². The molecule has 132 valence electrons. The summed E-state index contributed by atoms with van der Waals surface area (Å²) in [5.41, 5.74) is 1.70. The highest BCUT2D eigenvalue weighted by Gasteiger charge is 2.15. The Labute approximate surface area is 147 Å². The van der Waals surface area contributed by atoms with E-state index in [4.69, 9.17) is 4.74 Å². The van der Waals surface area contributed by atoms with Crippen LogP contribution in [0.15, 0.2) is 54.6 Å². The Morgan fingerprint density at radius 2 is 2.00 bits per heavy atom. The minimum Gasteiger partial charge on any atom is -0.497 e. The van der Waals surface area contributed by atoms with Crippen LogP contribution >= 0.6 is 0 Å². The predicted molar refractivity (Wildman–Crippen MR) is 97.9 cm³/mol. The van der Waals surface area contributed by atoms with Crippen molar-refractivity contribution < 1.29 is 13.9 Å². The lowest BCUT2D eigenvalue weighted by molar-refractivity contribution is -0.116. The van der Waals surface area contributed by atoms with Gasteiger partial charge in [0.2, 0.25) is 5.91 Å². The molecule has 0 radical (unpaired) electrons. The lowest BCUT2D eigenvalue weighted by Gasteiger charge is -2.25. The average molecular weight is 342 g/mol.